The zero-order valence-corrected chi connectivity index (χ0v) is 14.7. The molecule has 0 unspecified atom stereocenters. The molecule has 0 radical (unpaired) electrons. The van der Waals surface area contributed by atoms with Gasteiger partial charge in [0.15, 0.2) is 0 Å². The van der Waals surface area contributed by atoms with Crippen LogP contribution in [0.25, 0.3) is 0 Å². The highest BCUT2D eigenvalue weighted by atomic mass is 16.2. The molecule has 1 fully saturated rings. The maximum Gasteiger partial charge on any atom is 0.244 e. The Kier molecular flexibility index (Phi) is 5.34. The Bertz CT molecular complexity index is 666. The SMILES string of the molecule is Cc1ccc(CCC2CCN(C(=O)Cn3cc(C)cn3)CC2)cc1. The summed E-state index contributed by atoms with van der Waals surface area (Å²) < 4.78 is 1.74. The maximum atomic E-state index is 12.4. The number of hydrogen-bond acceptors (Lipinski definition) is 2. The number of aryl methyl sites for hydroxylation is 3. The molecule has 1 aromatic heterocycles. The lowest BCUT2D eigenvalue weighted by Crippen LogP contribution is -2.40. The molecule has 0 atom stereocenters. The summed E-state index contributed by atoms with van der Waals surface area (Å²) in [4.78, 5) is 14.4. The molecule has 1 amide bonds. The van der Waals surface area contributed by atoms with Gasteiger partial charge in [-0.25, -0.2) is 0 Å². The average molecular weight is 325 g/mol. The lowest BCUT2D eigenvalue weighted by Gasteiger charge is -2.32. The van der Waals surface area contributed by atoms with Gasteiger partial charge in [0, 0.05) is 19.3 Å². The van der Waals surface area contributed by atoms with Crippen LogP contribution in [0.2, 0.25) is 0 Å². The van der Waals surface area contributed by atoms with Crippen molar-refractivity contribution in [3.8, 4) is 0 Å². The van der Waals surface area contributed by atoms with Crippen LogP contribution in [0.3, 0.4) is 0 Å². The minimum atomic E-state index is 0.190. The monoisotopic (exact) mass is 325 g/mol. The predicted molar refractivity (Wildman–Crippen MR) is 95.8 cm³/mol. The minimum Gasteiger partial charge on any atom is -0.341 e. The third kappa shape index (κ3) is 4.47. The number of rotatable bonds is 5. The van der Waals surface area contributed by atoms with Crippen molar-refractivity contribution in [2.24, 2.45) is 5.92 Å². The van der Waals surface area contributed by atoms with Gasteiger partial charge in [0.1, 0.15) is 6.54 Å². The molecule has 0 bridgehead atoms. The minimum absolute atomic E-state index is 0.190. The molecule has 1 aliphatic heterocycles. The summed E-state index contributed by atoms with van der Waals surface area (Å²) in [5.74, 6) is 0.928. The summed E-state index contributed by atoms with van der Waals surface area (Å²) in [6.07, 6.45) is 8.33. The zero-order chi connectivity index (χ0) is 16.9. The first-order chi connectivity index (χ1) is 11.6. The van der Waals surface area contributed by atoms with Crippen LogP contribution in [0.4, 0.5) is 0 Å². The molecule has 1 saturated heterocycles. The second-order valence-electron chi connectivity index (χ2n) is 7.06. The number of benzene rings is 1. The highest BCUT2D eigenvalue weighted by Crippen LogP contribution is 2.22. The van der Waals surface area contributed by atoms with Crippen LogP contribution in [0.1, 0.15) is 36.0 Å². The lowest BCUT2D eigenvalue weighted by atomic mass is 9.90. The van der Waals surface area contributed by atoms with Crippen molar-refractivity contribution < 1.29 is 4.79 Å². The first-order valence-electron chi connectivity index (χ1n) is 8.92. The molecule has 1 aliphatic rings. The van der Waals surface area contributed by atoms with Gasteiger partial charge in [0.05, 0.1) is 6.20 Å². The Morgan fingerprint density at radius 2 is 1.83 bits per heavy atom. The normalized spacial score (nSPS) is 15.7. The Balaban J connectivity index is 1.42. The van der Waals surface area contributed by atoms with Gasteiger partial charge >= 0.3 is 0 Å². The van der Waals surface area contributed by atoms with Gasteiger partial charge in [0.25, 0.3) is 0 Å². The molecule has 128 valence electrons. The fourth-order valence-corrected chi connectivity index (χ4v) is 3.39. The molecule has 0 saturated carbocycles. The van der Waals surface area contributed by atoms with Crippen molar-refractivity contribution in [3.63, 3.8) is 0 Å². The lowest BCUT2D eigenvalue weighted by molar-refractivity contribution is -0.133. The van der Waals surface area contributed by atoms with Crippen LogP contribution in [-0.4, -0.2) is 33.7 Å². The van der Waals surface area contributed by atoms with Crippen molar-refractivity contribution in [1.29, 1.82) is 0 Å². The number of amides is 1. The van der Waals surface area contributed by atoms with Gasteiger partial charge in [0.2, 0.25) is 5.91 Å². The van der Waals surface area contributed by atoms with Crippen molar-refractivity contribution >= 4 is 5.91 Å². The predicted octanol–water partition coefficient (Wildman–Crippen LogP) is 3.37. The molecule has 4 nitrogen and oxygen atoms in total. The van der Waals surface area contributed by atoms with Gasteiger partial charge in [-0.3, -0.25) is 9.48 Å². The van der Waals surface area contributed by atoms with E-state index in [4.69, 9.17) is 0 Å². The Morgan fingerprint density at radius 3 is 2.46 bits per heavy atom. The van der Waals surface area contributed by atoms with E-state index in [-0.39, 0.29) is 5.91 Å². The quantitative estimate of drug-likeness (QED) is 0.845. The number of carbonyl (C=O) groups excluding carboxylic acids is 1. The average Bonchev–Trinajstić information content (AvgIpc) is 2.99. The van der Waals surface area contributed by atoms with E-state index < -0.39 is 0 Å². The molecular weight excluding hydrogens is 298 g/mol. The molecule has 0 N–H and O–H groups in total. The second kappa shape index (κ2) is 7.65. The van der Waals surface area contributed by atoms with E-state index in [1.807, 2.05) is 18.0 Å². The summed E-state index contributed by atoms with van der Waals surface area (Å²) in [7, 11) is 0. The number of carbonyl (C=O) groups is 1. The topological polar surface area (TPSA) is 38.1 Å². The van der Waals surface area contributed by atoms with Crippen LogP contribution < -0.4 is 0 Å². The van der Waals surface area contributed by atoms with Crippen LogP contribution in [0.15, 0.2) is 36.7 Å². The molecular formula is C20H27N3O. The van der Waals surface area contributed by atoms with Gasteiger partial charge in [-0.2, -0.15) is 5.10 Å². The molecule has 0 aliphatic carbocycles. The highest BCUT2D eigenvalue weighted by molar-refractivity contribution is 5.76. The van der Waals surface area contributed by atoms with E-state index in [0.717, 1.165) is 43.8 Å². The summed E-state index contributed by atoms with van der Waals surface area (Å²) in [5.41, 5.74) is 3.84. The number of nitrogens with zero attached hydrogens (tertiary/aromatic N) is 3. The molecule has 24 heavy (non-hydrogen) atoms. The molecule has 2 heterocycles. The fourth-order valence-electron chi connectivity index (χ4n) is 3.39. The summed E-state index contributed by atoms with van der Waals surface area (Å²) in [6.45, 7) is 6.26. The van der Waals surface area contributed by atoms with Gasteiger partial charge in [-0.15, -0.1) is 0 Å². The highest BCUT2D eigenvalue weighted by Gasteiger charge is 2.22. The van der Waals surface area contributed by atoms with E-state index in [1.54, 1.807) is 10.9 Å². The first kappa shape index (κ1) is 16.7. The Hall–Kier alpha value is -2.10. The maximum absolute atomic E-state index is 12.4. The van der Waals surface area contributed by atoms with E-state index in [1.165, 1.54) is 17.5 Å². The fraction of sp³-hybridized carbons (Fsp3) is 0.500. The first-order valence-corrected chi connectivity index (χ1v) is 8.92. The molecule has 0 spiro atoms. The second-order valence-corrected chi connectivity index (χ2v) is 7.06. The molecule has 4 heteroatoms. The standard InChI is InChI=1S/C20H27N3O/c1-16-3-5-18(6-4-16)7-8-19-9-11-22(12-10-19)20(24)15-23-14-17(2)13-21-23/h3-6,13-14,19H,7-12,15H2,1-2H3. The number of aromatic nitrogens is 2. The molecule has 2 aromatic rings. The summed E-state index contributed by atoms with van der Waals surface area (Å²) in [5, 5.41) is 4.20. The van der Waals surface area contributed by atoms with Crippen LogP contribution >= 0.6 is 0 Å². The van der Waals surface area contributed by atoms with Gasteiger partial charge in [-0.1, -0.05) is 29.8 Å². The van der Waals surface area contributed by atoms with Crippen LogP contribution in [-0.2, 0) is 17.8 Å². The Morgan fingerprint density at radius 1 is 1.12 bits per heavy atom. The molecule has 1 aromatic carbocycles. The smallest absolute Gasteiger partial charge is 0.244 e. The van der Waals surface area contributed by atoms with Crippen LogP contribution in [0.5, 0.6) is 0 Å². The van der Waals surface area contributed by atoms with Crippen molar-refractivity contribution in [3.05, 3.63) is 53.3 Å². The third-order valence-corrected chi connectivity index (χ3v) is 4.99. The van der Waals surface area contributed by atoms with Gasteiger partial charge < -0.3 is 4.90 Å². The third-order valence-electron chi connectivity index (χ3n) is 4.99. The van der Waals surface area contributed by atoms with Crippen LogP contribution in [0, 0.1) is 19.8 Å². The summed E-state index contributed by atoms with van der Waals surface area (Å²) >= 11 is 0. The number of likely N-dealkylation sites (tertiary alicyclic amines) is 1. The molecule has 3 rings (SSSR count). The van der Waals surface area contributed by atoms with E-state index in [9.17, 15) is 4.79 Å². The van der Waals surface area contributed by atoms with Gasteiger partial charge in [-0.05, 0) is 56.6 Å². The van der Waals surface area contributed by atoms with E-state index >= 15 is 0 Å². The number of hydrogen-bond donors (Lipinski definition) is 0. The number of piperidine rings is 1. The van der Waals surface area contributed by atoms with Crippen molar-refractivity contribution in [2.75, 3.05) is 13.1 Å². The van der Waals surface area contributed by atoms with E-state index in [0.29, 0.717) is 6.54 Å². The van der Waals surface area contributed by atoms with Crippen molar-refractivity contribution in [2.45, 2.75) is 46.1 Å². The zero-order valence-electron chi connectivity index (χ0n) is 14.7. The largest absolute Gasteiger partial charge is 0.341 e. The Labute approximate surface area is 144 Å². The summed E-state index contributed by atoms with van der Waals surface area (Å²) in [6, 6.07) is 8.85. The van der Waals surface area contributed by atoms with Crippen molar-refractivity contribution in [1.82, 2.24) is 14.7 Å². The van der Waals surface area contributed by atoms with E-state index in [2.05, 4.69) is 36.3 Å².